The van der Waals surface area contributed by atoms with Crippen molar-refractivity contribution in [3.8, 4) is 11.4 Å². The highest BCUT2D eigenvalue weighted by atomic mass is 19.1. The third kappa shape index (κ3) is 5.17. The van der Waals surface area contributed by atoms with E-state index in [2.05, 4.69) is 15.5 Å². The highest BCUT2D eigenvalue weighted by molar-refractivity contribution is 5.86. The van der Waals surface area contributed by atoms with Crippen molar-refractivity contribution in [1.82, 2.24) is 20.4 Å². The number of aryl methyl sites for hydroxylation is 1. The second-order valence-corrected chi connectivity index (χ2v) is 8.65. The summed E-state index contributed by atoms with van der Waals surface area (Å²) in [5.74, 6) is 0.343. The van der Waals surface area contributed by atoms with E-state index in [0.717, 1.165) is 11.1 Å². The molecule has 1 atom stereocenters. The topological polar surface area (TPSA) is 80.5 Å². The fourth-order valence-electron chi connectivity index (χ4n) is 3.96. The molecule has 8 heteroatoms. The first kappa shape index (κ1) is 23.6. The minimum absolute atomic E-state index is 0.123. The van der Waals surface area contributed by atoms with Gasteiger partial charge in [0, 0.05) is 24.4 Å². The SMILES string of the molecule is CC1=C(c2nc(-c3ccc(C)cc3)no2)C(c2cccc(F)c2)NC(=O)N1CCCOC(C)C. The standard InChI is InChI=1S/C26H29FN4O3/c1-16(2)33-14-6-13-31-18(4)22(23(28-26(31)32)20-7-5-8-21(27)15-20)25-29-24(30-34-25)19-11-9-17(3)10-12-19/h5,7-12,15-16,23H,6,13-14H2,1-4H3,(H,28,32). The zero-order valence-corrected chi connectivity index (χ0v) is 19.8. The molecule has 1 unspecified atom stereocenters. The maximum absolute atomic E-state index is 14.0. The fourth-order valence-corrected chi connectivity index (χ4v) is 3.96. The van der Waals surface area contributed by atoms with Crippen LogP contribution in [0, 0.1) is 12.7 Å². The maximum Gasteiger partial charge on any atom is 0.322 e. The van der Waals surface area contributed by atoms with Crippen LogP contribution in [-0.2, 0) is 4.74 Å². The molecule has 0 spiro atoms. The molecule has 178 valence electrons. The normalized spacial score (nSPS) is 16.4. The predicted molar refractivity (Wildman–Crippen MR) is 127 cm³/mol. The molecule has 0 aliphatic carbocycles. The van der Waals surface area contributed by atoms with E-state index in [4.69, 9.17) is 9.26 Å². The van der Waals surface area contributed by atoms with Crippen molar-refractivity contribution in [2.24, 2.45) is 0 Å². The number of allylic oxidation sites excluding steroid dienone is 1. The van der Waals surface area contributed by atoms with Crippen molar-refractivity contribution >= 4 is 11.6 Å². The molecule has 1 N–H and O–H groups in total. The Morgan fingerprint density at radius 1 is 1.18 bits per heavy atom. The summed E-state index contributed by atoms with van der Waals surface area (Å²) >= 11 is 0. The molecular weight excluding hydrogens is 435 g/mol. The van der Waals surface area contributed by atoms with Gasteiger partial charge in [-0.3, -0.25) is 4.90 Å². The van der Waals surface area contributed by atoms with Gasteiger partial charge in [0.1, 0.15) is 5.82 Å². The summed E-state index contributed by atoms with van der Waals surface area (Å²) < 4.78 is 25.3. The number of urea groups is 1. The van der Waals surface area contributed by atoms with Crippen molar-refractivity contribution in [3.05, 3.63) is 77.1 Å². The molecule has 3 aromatic rings. The molecule has 0 saturated carbocycles. The summed E-state index contributed by atoms with van der Waals surface area (Å²) in [7, 11) is 0. The molecule has 0 fully saturated rings. The number of rotatable bonds is 8. The third-order valence-electron chi connectivity index (χ3n) is 5.72. The van der Waals surface area contributed by atoms with Crippen LogP contribution in [0.5, 0.6) is 0 Å². The average molecular weight is 465 g/mol. The summed E-state index contributed by atoms with van der Waals surface area (Å²) in [6.45, 7) is 8.80. The Balaban J connectivity index is 1.71. The van der Waals surface area contributed by atoms with E-state index in [1.165, 1.54) is 12.1 Å². The summed E-state index contributed by atoms with van der Waals surface area (Å²) in [5.41, 5.74) is 3.87. The van der Waals surface area contributed by atoms with Gasteiger partial charge in [0.2, 0.25) is 5.82 Å². The Kier molecular flexibility index (Phi) is 7.07. The van der Waals surface area contributed by atoms with Gasteiger partial charge in [-0.25, -0.2) is 9.18 Å². The number of carbonyl (C=O) groups is 1. The molecule has 0 bridgehead atoms. The monoisotopic (exact) mass is 464 g/mol. The molecule has 4 rings (SSSR count). The molecule has 1 aliphatic heterocycles. The van der Waals surface area contributed by atoms with Gasteiger partial charge in [-0.2, -0.15) is 4.98 Å². The van der Waals surface area contributed by atoms with E-state index in [1.807, 2.05) is 52.0 Å². The second kappa shape index (κ2) is 10.2. The van der Waals surface area contributed by atoms with Crippen molar-refractivity contribution < 1.29 is 18.4 Å². The lowest BCUT2D eigenvalue weighted by Gasteiger charge is -2.35. The van der Waals surface area contributed by atoms with E-state index in [1.54, 1.807) is 17.0 Å². The summed E-state index contributed by atoms with van der Waals surface area (Å²) in [4.78, 5) is 19.3. The van der Waals surface area contributed by atoms with E-state index in [9.17, 15) is 9.18 Å². The van der Waals surface area contributed by atoms with Crippen LogP contribution in [0.25, 0.3) is 17.0 Å². The van der Waals surface area contributed by atoms with Gasteiger partial charge in [-0.15, -0.1) is 0 Å². The average Bonchev–Trinajstić information content (AvgIpc) is 3.28. The Morgan fingerprint density at radius 3 is 2.65 bits per heavy atom. The Labute approximate surface area is 198 Å². The Morgan fingerprint density at radius 2 is 1.94 bits per heavy atom. The smallest absolute Gasteiger partial charge is 0.322 e. The number of halogens is 1. The number of amides is 2. The van der Waals surface area contributed by atoms with Gasteiger partial charge in [-0.05, 0) is 51.8 Å². The molecule has 2 heterocycles. The van der Waals surface area contributed by atoms with Crippen molar-refractivity contribution in [2.75, 3.05) is 13.2 Å². The first-order valence-corrected chi connectivity index (χ1v) is 11.4. The zero-order valence-electron chi connectivity index (χ0n) is 19.8. The van der Waals surface area contributed by atoms with Gasteiger partial charge < -0.3 is 14.6 Å². The van der Waals surface area contributed by atoms with E-state index in [0.29, 0.717) is 42.2 Å². The predicted octanol–water partition coefficient (Wildman–Crippen LogP) is 5.50. The molecule has 2 amide bonds. The number of ether oxygens (including phenoxy) is 1. The lowest BCUT2D eigenvalue weighted by atomic mass is 9.94. The van der Waals surface area contributed by atoms with Crippen LogP contribution in [0.4, 0.5) is 9.18 Å². The second-order valence-electron chi connectivity index (χ2n) is 8.65. The van der Waals surface area contributed by atoms with Crippen LogP contribution in [0.3, 0.4) is 0 Å². The molecule has 1 aromatic heterocycles. The van der Waals surface area contributed by atoms with Gasteiger partial charge >= 0.3 is 6.03 Å². The van der Waals surface area contributed by atoms with Gasteiger partial charge in [0.05, 0.1) is 17.7 Å². The third-order valence-corrected chi connectivity index (χ3v) is 5.72. The number of nitrogens with one attached hydrogen (secondary N) is 1. The molecule has 7 nitrogen and oxygen atoms in total. The summed E-state index contributed by atoms with van der Waals surface area (Å²) in [5, 5.41) is 7.15. The first-order chi connectivity index (χ1) is 16.3. The lowest BCUT2D eigenvalue weighted by Crippen LogP contribution is -2.46. The number of benzene rings is 2. The van der Waals surface area contributed by atoms with Crippen LogP contribution >= 0.6 is 0 Å². The fraction of sp³-hybridized carbons (Fsp3) is 0.346. The number of nitrogens with zero attached hydrogens (tertiary/aromatic N) is 3. The molecule has 1 aliphatic rings. The minimum Gasteiger partial charge on any atom is -0.379 e. The van der Waals surface area contributed by atoms with E-state index >= 15 is 0 Å². The molecular formula is C26H29FN4O3. The lowest BCUT2D eigenvalue weighted by molar-refractivity contribution is 0.0736. The Hall–Kier alpha value is -3.52. The van der Waals surface area contributed by atoms with E-state index < -0.39 is 6.04 Å². The summed E-state index contributed by atoms with van der Waals surface area (Å²) in [6, 6.07) is 13.1. The number of carbonyl (C=O) groups excluding carboxylic acids is 1. The number of hydrogen-bond donors (Lipinski definition) is 1. The van der Waals surface area contributed by atoms with Crippen LogP contribution in [0.2, 0.25) is 0 Å². The zero-order chi connectivity index (χ0) is 24.2. The van der Waals surface area contributed by atoms with Gasteiger partial charge in [-0.1, -0.05) is 47.1 Å². The van der Waals surface area contributed by atoms with Crippen LogP contribution in [0.1, 0.15) is 50.3 Å². The molecule has 34 heavy (non-hydrogen) atoms. The highest BCUT2D eigenvalue weighted by Gasteiger charge is 2.35. The minimum atomic E-state index is -0.627. The molecule has 0 radical (unpaired) electrons. The number of hydrogen-bond acceptors (Lipinski definition) is 5. The van der Waals surface area contributed by atoms with E-state index in [-0.39, 0.29) is 23.8 Å². The largest absolute Gasteiger partial charge is 0.379 e. The van der Waals surface area contributed by atoms with Gasteiger partial charge in [0.25, 0.3) is 5.89 Å². The quantitative estimate of drug-likeness (QED) is 0.446. The van der Waals surface area contributed by atoms with Crippen LogP contribution in [-0.4, -0.2) is 40.3 Å². The van der Waals surface area contributed by atoms with Crippen molar-refractivity contribution in [1.29, 1.82) is 0 Å². The number of aromatic nitrogens is 2. The van der Waals surface area contributed by atoms with Crippen molar-refractivity contribution in [2.45, 2.75) is 46.3 Å². The molecule has 2 aromatic carbocycles. The first-order valence-electron chi connectivity index (χ1n) is 11.4. The van der Waals surface area contributed by atoms with Crippen LogP contribution < -0.4 is 5.32 Å². The maximum atomic E-state index is 14.0. The Bertz CT molecular complexity index is 1190. The summed E-state index contributed by atoms with van der Waals surface area (Å²) in [6.07, 6.45) is 0.789. The molecule has 0 saturated heterocycles. The van der Waals surface area contributed by atoms with Gasteiger partial charge in [0.15, 0.2) is 0 Å². The highest BCUT2D eigenvalue weighted by Crippen LogP contribution is 2.37. The van der Waals surface area contributed by atoms with Crippen molar-refractivity contribution in [3.63, 3.8) is 0 Å². The van der Waals surface area contributed by atoms with Crippen LogP contribution in [0.15, 0.2) is 58.8 Å².